The van der Waals surface area contributed by atoms with E-state index in [2.05, 4.69) is 19.2 Å². The first-order valence-corrected chi connectivity index (χ1v) is 7.10. The molecule has 1 aliphatic carbocycles. The number of halogens is 1. The maximum absolute atomic E-state index is 13.8. The second-order valence-electron chi connectivity index (χ2n) is 5.93. The first-order valence-electron chi connectivity index (χ1n) is 7.10. The summed E-state index contributed by atoms with van der Waals surface area (Å²) in [6, 6.07) is 5.73. The summed E-state index contributed by atoms with van der Waals surface area (Å²) in [5.74, 6) is 1.20. The highest BCUT2D eigenvalue weighted by atomic mass is 19.1. The zero-order valence-electron chi connectivity index (χ0n) is 11.7. The standard InChI is InChI=1S/C16H24FN/c1-11(2)13-6-4-5-7-15(13)18-16-10-12(3)8-9-14(16)17/h8-11,13,15,18H,4-7H2,1-3H3. The second-order valence-corrected chi connectivity index (χ2v) is 5.93. The molecule has 1 aromatic rings. The Balaban J connectivity index is 2.13. The predicted octanol–water partition coefficient (Wildman–Crippen LogP) is 4.76. The molecule has 0 radical (unpaired) electrons. The van der Waals surface area contributed by atoms with Gasteiger partial charge < -0.3 is 5.32 Å². The minimum Gasteiger partial charge on any atom is -0.380 e. The smallest absolute Gasteiger partial charge is 0.146 e. The highest BCUT2D eigenvalue weighted by molar-refractivity contribution is 5.48. The van der Waals surface area contributed by atoms with E-state index in [4.69, 9.17) is 0 Å². The Hall–Kier alpha value is -1.05. The molecule has 18 heavy (non-hydrogen) atoms. The number of benzene rings is 1. The summed E-state index contributed by atoms with van der Waals surface area (Å²) in [5.41, 5.74) is 1.78. The van der Waals surface area contributed by atoms with Crippen molar-refractivity contribution < 1.29 is 4.39 Å². The number of hydrogen-bond donors (Lipinski definition) is 1. The van der Waals surface area contributed by atoms with Gasteiger partial charge in [-0.25, -0.2) is 4.39 Å². The van der Waals surface area contributed by atoms with E-state index in [-0.39, 0.29) is 5.82 Å². The fourth-order valence-corrected chi connectivity index (χ4v) is 3.09. The van der Waals surface area contributed by atoms with Crippen molar-refractivity contribution in [2.45, 2.75) is 52.5 Å². The normalized spacial score (nSPS) is 24.3. The first-order chi connectivity index (χ1) is 8.58. The van der Waals surface area contributed by atoms with Crippen LogP contribution in [0.5, 0.6) is 0 Å². The molecule has 0 heterocycles. The number of rotatable bonds is 3. The molecule has 0 aliphatic heterocycles. The van der Waals surface area contributed by atoms with Crippen LogP contribution in [0.2, 0.25) is 0 Å². The topological polar surface area (TPSA) is 12.0 Å². The molecule has 100 valence electrons. The predicted molar refractivity (Wildman–Crippen MR) is 75.3 cm³/mol. The van der Waals surface area contributed by atoms with E-state index in [1.165, 1.54) is 19.3 Å². The lowest BCUT2D eigenvalue weighted by molar-refractivity contribution is 0.253. The summed E-state index contributed by atoms with van der Waals surface area (Å²) in [6.07, 6.45) is 5.00. The molecule has 2 rings (SSSR count). The Morgan fingerprint density at radius 1 is 1.22 bits per heavy atom. The van der Waals surface area contributed by atoms with Crippen LogP contribution in [0.3, 0.4) is 0 Å². The van der Waals surface area contributed by atoms with E-state index >= 15 is 0 Å². The number of hydrogen-bond acceptors (Lipinski definition) is 1. The average molecular weight is 249 g/mol. The molecule has 1 saturated carbocycles. The fourth-order valence-electron chi connectivity index (χ4n) is 3.09. The molecule has 2 unspecified atom stereocenters. The molecule has 1 N–H and O–H groups in total. The molecule has 0 spiro atoms. The minimum absolute atomic E-state index is 0.131. The van der Waals surface area contributed by atoms with Gasteiger partial charge in [0.15, 0.2) is 0 Å². The van der Waals surface area contributed by atoms with Gasteiger partial charge in [0.2, 0.25) is 0 Å². The molecule has 0 saturated heterocycles. The lowest BCUT2D eigenvalue weighted by Gasteiger charge is -2.35. The van der Waals surface area contributed by atoms with Gasteiger partial charge in [-0.15, -0.1) is 0 Å². The molecular weight excluding hydrogens is 225 g/mol. The van der Waals surface area contributed by atoms with Gasteiger partial charge in [0, 0.05) is 6.04 Å². The SMILES string of the molecule is Cc1ccc(F)c(NC2CCCCC2C(C)C)c1. The van der Waals surface area contributed by atoms with Crippen LogP contribution in [0.15, 0.2) is 18.2 Å². The van der Waals surface area contributed by atoms with Crippen LogP contribution in [0, 0.1) is 24.6 Å². The van der Waals surface area contributed by atoms with Gasteiger partial charge >= 0.3 is 0 Å². The quantitative estimate of drug-likeness (QED) is 0.814. The molecule has 1 aromatic carbocycles. The third-order valence-corrected chi connectivity index (χ3v) is 4.14. The van der Waals surface area contributed by atoms with Crippen molar-refractivity contribution in [2.75, 3.05) is 5.32 Å². The van der Waals surface area contributed by atoms with Crippen LogP contribution in [-0.4, -0.2) is 6.04 Å². The third-order valence-electron chi connectivity index (χ3n) is 4.14. The highest BCUT2D eigenvalue weighted by Crippen LogP contribution is 2.32. The first kappa shape index (κ1) is 13.4. The molecule has 2 heteroatoms. The van der Waals surface area contributed by atoms with Crippen molar-refractivity contribution in [1.29, 1.82) is 0 Å². The van der Waals surface area contributed by atoms with Crippen molar-refractivity contribution in [3.05, 3.63) is 29.6 Å². The second kappa shape index (κ2) is 5.73. The van der Waals surface area contributed by atoms with Crippen LogP contribution in [0.1, 0.15) is 45.1 Å². The molecular formula is C16H24FN. The fraction of sp³-hybridized carbons (Fsp3) is 0.625. The van der Waals surface area contributed by atoms with Gasteiger partial charge in [-0.05, 0) is 49.3 Å². The van der Waals surface area contributed by atoms with Crippen molar-refractivity contribution in [3.63, 3.8) is 0 Å². The van der Waals surface area contributed by atoms with Crippen LogP contribution in [0.25, 0.3) is 0 Å². The van der Waals surface area contributed by atoms with Crippen LogP contribution in [-0.2, 0) is 0 Å². The van der Waals surface area contributed by atoms with Crippen molar-refractivity contribution in [1.82, 2.24) is 0 Å². The van der Waals surface area contributed by atoms with Crippen LogP contribution >= 0.6 is 0 Å². The molecule has 0 bridgehead atoms. The van der Waals surface area contributed by atoms with Crippen molar-refractivity contribution in [3.8, 4) is 0 Å². The zero-order valence-corrected chi connectivity index (χ0v) is 11.7. The summed E-state index contributed by atoms with van der Waals surface area (Å²) >= 11 is 0. The molecule has 2 atom stereocenters. The largest absolute Gasteiger partial charge is 0.380 e. The summed E-state index contributed by atoms with van der Waals surface area (Å²) in [5, 5.41) is 3.45. The highest BCUT2D eigenvalue weighted by Gasteiger charge is 2.27. The number of aryl methyl sites for hydroxylation is 1. The molecule has 0 amide bonds. The van der Waals surface area contributed by atoms with E-state index < -0.39 is 0 Å². The summed E-state index contributed by atoms with van der Waals surface area (Å²) in [6.45, 7) is 6.56. The Labute approximate surface area is 110 Å². The van der Waals surface area contributed by atoms with E-state index in [1.54, 1.807) is 6.07 Å². The zero-order chi connectivity index (χ0) is 13.1. The third kappa shape index (κ3) is 3.04. The van der Waals surface area contributed by atoms with Gasteiger partial charge in [-0.3, -0.25) is 0 Å². The lowest BCUT2D eigenvalue weighted by atomic mass is 9.78. The van der Waals surface area contributed by atoms with Crippen LogP contribution < -0.4 is 5.32 Å². The molecule has 1 nitrogen and oxygen atoms in total. The Morgan fingerprint density at radius 2 is 1.94 bits per heavy atom. The van der Waals surface area contributed by atoms with Gasteiger partial charge in [0.25, 0.3) is 0 Å². The number of nitrogens with one attached hydrogen (secondary N) is 1. The van der Waals surface area contributed by atoms with Gasteiger partial charge in [0.05, 0.1) is 5.69 Å². The number of anilines is 1. The summed E-state index contributed by atoms with van der Waals surface area (Å²) in [4.78, 5) is 0. The molecule has 0 aromatic heterocycles. The average Bonchev–Trinajstić information content (AvgIpc) is 2.34. The molecule has 1 fully saturated rings. The van der Waals surface area contributed by atoms with E-state index in [0.29, 0.717) is 23.6 Å². The Bertz CT molecular complexity index is 400. The monoisotopic (exact) mass is 249 g/mol. The maximum Gasteiger partial charge on any atom is 0.146 e. The minimum atomic E-state index is -0.131. The van der Waals surface area contributed by atoms with Gasteiger partial charge in [0.1, 0.15) is 5.82 Å². The van der Waals surface area contributed by atoms with Crippen molar-refractivity contribution >= 4 is 5.69 Å². The van der Waals surface area contributed by atoms with Crippen molar-refractivity contribution in [2.24, 2.45) is 11.8 Å². The van der Waals surface area contributed by atoms with E-state index in [0.717, 1.165) is 12.0 Å². The van der Waals surface area contributed by atoms with E-state index in [1.807, 2.05) is 19.1 Å². The maximum atomic E-state index is 13.8. The summed E-state index contributed by atoms with van der Waals surface area (Å²) in [7, 11) is 0. The van der Waals surface area contributed by atoms with E-state index in [9.17, 15) is 4.39 Å². The van der Waals surface area contributed by atoms with Crippen LogP contribution in [0.4, 0.5) is 10.1 Å². The van der Waals surface area contributed by atoms with Gasteiger partial charge in [-0.1, -0.05) is 32.8 Å². The van der Waals surface area contributed by atoms with Gasteiger partial charge in [-0.2, -0.15) is 0 Å². The lowest BCUT2D eigenvalue weighted by Crippen LogP contribution is -2.35. The Kier molecular flexibility index (Phi) is 4.26. The summed E-state index contributed by atoms with van der Waals surface area (Å²) < 4.78 is 13.8. The molecule has 1 aliphatic rings. The Morgan fingerprint density at radius 3 is 2.67 bits per heavy atom.